The number of aryl methyl sites for hydroxylation is 1. The van der Waals surface area contributed by atoms with E-state index in [2.05, 4.69) is 5.10 Å². The second-order valence-electron chi connectivity index (χ2n) is 5.85. The van der Waals surface area contributed by atoms with Crippen LogP contribution in [0.3, 0.4) is 0 Å². The highest BCUT2D eigenvalue weighted by molar-refractivity contribution is 7.89. The van der Waals surface area contributed by atoms with Crippen LogP contribution in [0.1, 0.15) is 29.5 Å². The number of benzene rings is 1. The smallest absolute Gasteiger partial charge is 0.279 e. The number of furan rings is 2. The molecule has 0 saturated carbocycles. The summed E-state index contributed by atoms with van der Waals surface area (Å²) in [6.45, 7) is 1.91. The minimum absolute atomic E-state index is 0.194. The van der Waals surface area contributed by atoms with Crippen LogP contribution in [0.15, 0.2) is 79.9 Å². The average molecular weight is 356 g/mol. The molecule has 0 N–H and O–H groups in total. The first kappa shape index (κ1) is 15.7. The topological polar surface area (TPSA) is 76.0 Å². The molecule has 0 amide bonds. The van der Waals surface area contributed by atoms with Crippen LogP contribution in [0.4, 0.5) is 0 Å². The third-order valence-corrected chi connectivity index (χ3v) is 5.81. The van der Waals surface area contributed by atoms with Crippen molar-refractivity contribution in [2.75, 3.05) is 0 Å². The van der Waals surface area contributed by atoms with Gasteiger partial charge in [0.15, 0.2) is 0 Å². The highest BCUT2D eigenvalue weighted by Gasteiger charge is 2.39. The summed E-state index contributed by atoms with van der Waals surface area (Å²) in [6.07, 6.45) is 3.44. The van der Waals surface area contributed by atoms with Gasteiger partial charge in [0, 0.05) is 6.42 Å². The molecule has 0 bridgehead atoms. The van der Waals surface area contributed by atoms with Crippen LogP contribution in [0, 0.1) is 6.92 Å². The van der Waals surface area contributed by atoms with Crippen LogP contribution >= 0.6 is 0 Å². The zero-order valence-electron chi connectivity index (χ0n) is 13.5. The number of sulfonamides is 1. The quantitative estimate of drug-likeness (QED) is 0.714. The van der Waals surface area contributed by atoms with Crippen molar-refractivity contribution in [1.29, 1.82) is 0 Å². The van der Waals surface area contributed by atoms with E-state index in [0.29, 0.717) is 23.7 Å². The summed E-state index contributed by atoms with van der Waals surface area (Å²) < 4.78 is 38.2. The molecule has 1 aromatic carbocycles. The van der Waals surface area contributed by atoms with Crippen LogP contribution in [-0.2, 0) is 10.0 Å². The first-order valence-electron chi connectivity index (χ1n) is 7.81. The molecule has 1 aliphatic heterocycles. The Hall–Kier alpha value is -2.80. The molecule has 3 heterocycles. The Morgan fingerprint density at radius 3 is 2.40 bits per heavy atom. The molecule has 0 unspecified atom stereocenters. The molecule has 2 aromatic heterocycles. The van der Waals surface area contributed by atoms with Gasteiger partial charge in [-0.1, -0.05) is 17.7 Å². The average Bonchev–Trinajstić information content (AvgIpc) is 3.34. The molecule has 1 aliphatic rings. The van der Waals surface area contributed by atoms with E-state index in [1.807, 2.05) is 6.92 Å². The fourth-order valence-corrected chi connectivity index (χ4v) is 4.23. The van der Waals surface area contributed by atoms with Crippen molar-refractivity contribution in [1.82, 2.24) is 4.41 Å². The lowest BCUT2D eigenvalue weighted by atomic mass is 10.1. The second-order valence-corrected chi connectivity index (χ2v) is 7.65. The van der Waals surface area contributed by atoms with Crippen LogP contribution in [-0.4, -0.2) is 18.5 Å². The summed E-state index contributed by atoms with van der Waals surface area (Å²) in [5, 5.41) is 4.35. The lowest BCUT2D eigenvalue weighted by molar-refractivity contribution is 0.320. The number of hydrogen-bond donors (Lipinski definition) is 0. The molecular formula is C18H16N2O4S. The summed E-state index contributed by atoms with van der Waals surface area (Å²) >= 11 is 0. The zero-order chi connectivity index (χ0) is 17.4. The van der Waals surface area contributed by atoms with Gasteiger partial charge >= 0.3 is 0 Å². The van der Waals surface area contributed by atoms with Gasteiger partial charge in [0.25, 0.3) is 10.0 Å². The van der Waals surface area contributed by atoms with Crippen molar-refractivity contribution in [3.63, 3.8) is 0 Å². The van der Waals surface area contributed by atoms with Crippen molar-refractivity contribution >= 4 is 15.7 Å². The molecule has 0 spiro atoms. The van der Waals surface area contributed by atoms with E-state index in [0.717, 1.165) is 9.98 Å². The second kappa shape index (κ2) is 5.93. The molecule has 1 atom stereocenters. The number of hydrazone groups is 1. The van der Waals surface area contributed by atoms with Gasteiger partial charge < -0.3 is 8.83 Å². The van der Waals surface area contributed by atoms with Crippen molar-refractivity contribution in [3.05, 3.63) is 78.1 Å². The third kappa shape index (κ3) is 2.76. The number of rotatable bonds is 4. The Morgan fingerprint density at radius 1 is 1.04 bits per heavy atom. The van der Waals surface area contributed by atoms with Gasteiger partial charge in [-0.3, -0.25) is 0 Å². The maximum atomic E-state index is 13.1. The van der Waals surface area contributed by atoms with Crippen molar-refractivity contribution in [2.24, 2.45) is 5.10 Å². The summed E-state index contributed by atoms with van der Waals surface area (Å²) in [5.74, 6) is 1.10. The van der Waals surface area contributed by atoms with Crippen LogP contribution in [0.2, 0.25) is 0 Å². The van der Waals surface area contributed by atoms with E-state index in [1.165, 1.54) is 12.5 Å². The monoisotopic (exact) mass is 356 g/mol. The maximum Gasteiger partial charge on any atom is 0.279 e. The Balaban J connectivity index is 1.78. The molecule has 3 aromatic rings. The first-order valence-corrected chi connectivity index (χ1v) is 9.25. The minimum Gasteiger partial charge on any atom is -0.467 e. The molecule has 7 heteroatoms. The molecule has 4 rings (SSSR count). The van der Waals surface area contributed by atoms with E-state index in [1.54, 1.807) is 48.5 Å². The predicted molar refractivity (Wildman–Crippen MR) is 91.5 cm³/mol. The van der Waals surface area contributed by atoms with Gasteiger partial charge in [0.2, 0.25) is 0 Å². The SMILES string of the molecule is Cc1ccc(S(=O)(=O)N2N=C(c3ccco3)C[C@@H]2c2ccco2)cc1. The third-order valence-electron chi connectivity index (χ3n) is 4.11. The normalized spacial score (nSPS) is 17.7. The summed E-state index contributed by atoms with van der Waals surface area (Å²) in [4.78, 5) is 0.194. The molecule has 0 radical (unpaired) electrons. The number of nitrogens with zero attached hydrogens (tertiary/aromatic N) is 2. The summed E-state index contributed by atoms with van der Waals surface area (Å²) in [6, 6.07) is 13.2. The van der Waals surface area contributed by atoms with Gasteiger partial charge in [-0.15, -0.1) is 0 Å². The van der Waals surface area contributed by atoms with Gasteiger partial charge in [0.1, 0.15) is 23.3 Å². The van der Waals surface area contributed by atoms with Crippen molar-refractivity contribution < 1.29 is 17.3 Å². The molecule has 0 saturated heterocycles. The fourth-order valence-electron chi connectivity index (χ4n) is 2.81. The maximum absolute atomic E-state index is 13.1. The van der Waals surface area contributed by atoms with Crippen LogP contribution in [0.5, 0.6) is 0 Å². The Bertz CT molecular complexity index is 988. The number of hydrogen-bond acceptors (Lipinski definition) is 5. The highest BCUT2D eigenvalue weighted by Crippen LogP contribution is 2.37. The molecular weight excluding hydrogens is 340 g/mol. The van der Waals surface area contributed by atoms with Crippen molar-refractivity contribution in [3.8, 4) is 0 Å². The summed E-state index contributed by atoms with van der Waals surface area (Å²) in [5.41, 5.74) is 1.56. The molecule has 6 nitrogen and oxygen atoms in total. The molecule has 0 fully saturated rings. The predicted octanol–water partition coefficient (Wildman–Crippen LogP) is 3.72. The van der Waals surface area contributed by atoms with Gasteiger partial charge in [0.05, 0.1) is 17.4 Å². The minimum atomic E-state index is -3.81. The van der Waals surface area contributed by atoms with E-state index >= 15 is 0 Å². The van der Waals surface area contributed by atoms with Gasteiger partial charge in [-0.2, -0.15) is 17.9 Å². The van der Waals surface area contributed by atoms with Crippen LogP contribution in [0.25, 0.3) is 0 Å². The fraction of sp³-hybridized carbons (Fsp3) is 0.167. The first-order chi connectivity index (χ1) is 12.1. The molecule has 128 valence electrons. The van der Waals surface area contributed by atoms with Crippen LogP contribution < -0.4 is 0 Å². The van der Waals surface area contributed by atoms with Gasteiger partial charge in [-0.05, 0) is 43.3 Å². The van der Waals surface area contributed by atoms with E-state index in [4.69, 9.17) is 8.83 Å². The zero-order valence-corrected chi connectivity index (χ0v) is 14.3. The van der Waals surface area contributed by atoms with E-state index in [9.17, 15) is 8.42 Å². The van der Waals surface area contributed by atoms with Crippen molar-refractivity contribution in [2.45, 2.75) is 24.3 Å². The Kier molecular flexibility index (Phi) is 3.73. The molecule has 25 heavy (non-hydrogen) atoms. The lowest BCUT2D eigenvalue weighted by Crippen LogP contribution is -2.27. The standard InChI is InChI=1S/C18H16N2O4S/c1-13-6-8-14(9-7-13)25(21,22)20-16(18-5-3-11-24-18)12-15(19-20)17-4-2-10-23-17/h2-11,16H,12H2,1H3/t16-/m1/s1. The molecule has 0 aliphatic carbocycles. The van der Waals surface area contributed by atoms with Gasteiger partial charge in [-0.25, -0.2) is 0 Å². The highest BCUT2D eigenvalue weighted by atomic mass is 32.2. The Labute approximate surface area is 145 Å². The summed E-state index contributed by atoms with van der Waals surface area (Å²) in [7, 11) is -3.81. The van der Waals surface area contributed by atoms with E-state index < -0.39 is 16.1 Å². The lowest BCUT2D eigenvalue weighted by Gasteiger charge is -2.21. The largest absolute Gasteiger partial charge is 0.467 e. The van der Waals surface area contributed by atoms with E-state index in [-0.39, 0.29) is 4.90 Å². The Morgan fingerprint density at radius 2 is 1.76 bits per heavy atom.